The Hall–Kier alpha value is -2.66. The van der Waals surface area contributed by atoms with E-state index in [-0.39, 0.29) is 12.8 Å². The van der Waals surface area contributed by atoms with Crippen molar-refractivity contribution in [1.29, 1.82) is 0 Å². The molecule has 0 N–H and O–H groups in total. The summed E-state index contributed by atoms with van der Waals surface area (Å²) in [5, 5.41) is 1.24. The zero-order valence-corrected chi connectivity index (χ0v) is 22.2. The van der Waals surface area contributed by atoms with Crippen molar-refractivity contribution in [3.8, 4) is 5.75 Å². The van der Waals surface area contributed by atoms with Gasteiger partial charge in [0.1, 0.15) is 18.1 Å². The molecule has 0 unspecified atom stereocenters. The Morgan fingerprint density at radius 1 is 1.00 bits per heavy atom. The highest BCUT2D eigenvalue weighted by Crippen LogP contribution is 2.42. The third-order valence-corrected chi connectivity index (χ3v) is 7.80. The smallest absolute Gasteiger partial charge is 0.150 e. The van der Waals surface area contributed by atoms with Gasteiger partial charge in [-0.05, 0) is 95.8 Å². The molecule has 0 bridgehead atoms. The molecule has 0 saturated carbocycles. The van der Waals surface area contributed by atoms with Crippen molar-refractivity contribution in [3.63, 3.8) is 0 Å². The summed E-state index contributed by atoms with van der Waals surface area (Å²) in [6.07, 6.45) is 5.24. The van der Waals surface area contributed by atoms with Crippen LogP contribution in [0.4, 0.5) is 4.39 Å². The average molecular weight is 538 g/mol. The Morgan fingerprint density at radius 3 is 2.57 bits per heavy atom. The molecular weight excluding hydrogens is 508 g/mol. The van der Waals surface area contributed by atoms with E-state index in [1.165, 1.54) is 11.1 Å². The quantitative estimate of drug-likeness (QED) is 0.273. The van der Waals surface area contributed by atoms with Gasteiger partial charge in [-0.15, -0.1) is 0 Å². The molecule has 0 aromatic heterocycles. The minimum Gasteiger partial charge on any atom is -0.489 e. The summed E-state index contributed by atoms with van der Waals surface area (Å²) < 4.78 is 18.8. The maximum atomic E-state index is 12.5. The minimum absolute atomic E-state index is 0.119. The summed E-state index contributed by atoms with van der Waals surface area (Å²) in [5.74, 6) is 0.831. The number of likely N-dealkylation sites (tertiary alicyclic amines) is 1. The molecular formula is C31H30Cl2FNO2. The lowest BCUT2D eigenvalue weighted by Crippen LogP contribution is -2.26. The van der Waals surface area contributed by atoms with Crippen molar-refractivity contribution >= 4 is 40.6 Å². The van der Waals surface area contributed by atoms with Crippen molar-refractivity contribution < 1.29 is 13.9 Å². The van der Waals surface area contributed by atoms with Gasteiger partial charge >= 0.3 is 0 Å². The molecule has 3 aromatic rings. The van der Waals surface area contributed by atoms with Crippen LogP contribution in [-0.4, -0.2) is 43.6 Å². The van der Waals surface area contributed by atoms with Gasteiger partial charge in [0.25, 0.3) is 0 Å². The van der Waals surface area contributed by atoms with Gasteiger partial charge in [0.05, 0.1) is 6.67 Å². The molecule has 2 aliphatic rings. The van der Waals surface area contributed by atoms with Crippen molar-refractivity contribution in [2.24, 2.45) is 0 Å². The fourth-order valence-electron chi connectivity index (χ4n) is 5.49. The number of hydrogen-bond acceptors (Lipinski definition) is 3. The molecule has 5 rings (SSSR count). The molecule has 6 heteroatoms. The summed E-state index contributed by atoms with van der Waals surface area (Å²) in [6.45, 7) is 2.28. The first-order valence-electron chi connectivity index (χ1n) is 12.9. The molecule has 1 aliphatic carbocycles. The van der Waals surface area contributed by atoms with E-state index in [9.17, 15) is 9.18 Å². The monoisotopic (exact) mass is 537 g/mol. The number of carbonyl (C=O) groups excluding carboxylic acids is 1. The van der Waals surface area contributed by atoms with Crippen LogP contribution in [0.5, 0.6) is 5.75 Å². The van der Waals surface area contributed by atoms with E-state index in [1.807, 2.05) is 36.4 Å². The van der Waals surface area contributed by atoms with Gasteiger partial charge in [-0.25, -0.2) is 0 Å². The number of carbonyl (C=O) groups is 1. The summed E-state index contributed by atoms with van der Waals surface area (Å²) in [5.41, 5.74) is 7.33. The van der Waals surface area contributed by atoms with E-state index in [2.05, 4.69) is 23.1 Å². The lowest BCUT2D eigenvalue weighted by molar-refractivity contribution is 0.112. The van der Waals surface area contributed by atoms with Gasteiger partial charge in [0, 0.05) is 35.2 Å². The number of nitrogens with zero attached hydrogens (tertiary/aromatic N) is 1. The van der Waals surface area contributed by atoms with Crippen molar-refractivity contribution in [2.45, 2.75) is 38.2 Å². The average Bonchev–Trinajstić information content (AvgIpc) is 3.26. The Morgan fingerprint density at radius 2 is 1.81 bits per heavy atom. The van der Waals surface area contributed by atoms with E-state index >= 15 is 0 Å². The van der Waals surface area contributed by atoms with Gasteiger partial charge in [-0.1, -0.05) is 53.5 Å². The highest BCUT2D eigenvalue weighted by molar-refractivity contribution is 6.36. The number of alkyl halides is 1. The van der Waals surface area contributed by atoms with Crippen LogP contribution in [0.15, 0.2) is 60.7 Å². The van der Waals surface area contributed by atoms with Crippen LogP contribution in [0, 0.1) is 0 Å². The van der Waals surface area contributed by atoms with Crippen LogP contribution in [0.1, 0.15) is 58.3 Å². The molecule has 1 saturated heterocycles. The summed E-state index contributed by atoms with van der Waals surface area (Å²) in [7, 11) is 0. The van der Waals surface area contributed by atoms with Gasteiger partial charge in [-0.3, -0.25) is 14.1 Å². The van der Waals surface area contributed by atoms with E-state index in [4.69, 9.17) is 27.9 Å². The van der Waals surface area contributed by atoms with Gasteiger partial charge < -0.3 is 4.74 Å². The number of hydrogen-bond donors (Lipinski definition) is 0. The second-order valence-electron chi connectivity index (χ2n) is 9.76. The number of benzene rings is 3. The molecule has 3 nitrogen and oxygen atoms in total. The Bertz CT molecular complexity index is 1310. The SMILES string of the molecule is O=Cc1ccc2c(c1)CCCC(c1ccc(Cl)cc1Cl)=C2c1ccc(O[C@H]2CCN(CCCF)C2)cc1. The largest absolute Gasteiger partial charge is 0.489 e. The third kappa shape index (κ3) is 5.93. The number of fused-ring (bicyclic) bond motifs is 1. The van der Waals surface area contributed by atoms with E-state index in [0.717, 1.165) is 79.6 Å². The molecule has 0 radical (unpaired) electrons. The molecule has 1 fully saturated rings. The number of aryl methyl sites for hydroxylation is 1. The Balaban J connectivity index is 1.50. The standard InChI is InChI=1S/C31H30Cl2FNO2/c32-24-8-12-28(30(33)18-24)29-4-1-3-23-17-21(20-36)5-11-27(23)31(29)22-6-9-25(10-7-22)37-26-13-16-35(19-26)15-2-14-34/h5-12,17-18,20,26H,1-4,13-16,19H2/t26-/m0/s1. The molecule has 1 heterocycles. The first-order chi connectivity index (χ1) is 18.1. The third-order valence-electron chi connectivity index (χ3n) is 7.25. The number of aldehydes is 1. The summed E-state index contributed by atoms with van der Waals surface area (Å²) in [4.78, 5) is 13.7. The summed E-state index contributed by atoms with van der Waals surface area (Å²) in [6, 6.07) is 19.9. The van der Waals surface area contributed by atoms with Gasteiger partial charge in [-0.2, -0.15) is 0 Å². The highest BCUT2D eigenvalue weighted by atomic mass is 35.5. The second-order valence-corrected chi connectivity index (χ2v) is 10.6. The maximum Gasteiger partial charge on any atom is 0.150 e. The van der Waals surface area contributed by atoms with Crippen LogP contribution < -0.4 is 4.74 Å². The number of halogens is 3. The van der Waals surface area contributed by atoms with E-state index in [1.54, 1.807) is 6.07 Å². The number of rotatable bonds is 8. The van der Waals surface area contributed by atoms with Crippen LogP contribution in [0.2, 0.25) is 10.0 Å². The maximum absolute atomic E-state index is 12.5. The predicted octanol–water partition coefficient (Wildman–Crippen LogP) is 7.91. The molecule has 1 aliphatic heterocycles. The van der Waals surface area contributed by atoms with E-state index in [0.29, 0.717) is 22.0 Å². The lowest BCUT2D eigenvalue weighted by atomic mass is 9.87. The second kappa shape index (κ2) is 11.8. The first kappa shape index (κ1) is 26.0. The Labute approximate surface area is 227 Å². The zero-order valence-electron chi connectivity index (χ0n) is 20.7. The Kier molecular flexibility index (Phi) is 8.29. The molecule has 3 aromatic carbocycles. The van der Waals surface area contributed by atoms with Crippen molar-refractivity contribution in [2.75, 3.05) is 26.3 Å². The summed E-state index contributed by atoms with van der Waals surface area (Å²) >= 11 is 12.9. The van der Waals surface area contributed by atoms with Crippen LogP contribution in [0.25, 0.3) is 11.1 Å². The molecule has 0 amide bonds. The van der Waals surface area contributed by atoms with Crippen LogP contribution in [-0.2, 0) is 6.42 Å². The molecule has 37 heavy (non-hydrogen) atoms. The lowest BCUT2D eigenvalue weighted by Gasteiger charge is -2.19. The highest BCUT2D eigenvalue weighted by Gasteiger charge is 2.25. The molecule has 192 valence electrons. The van der Waals surface area contributed by atoms with Crippen LogP contribution in [0.3, 0.4) is 0 Å². The first-order valence-corrected chi connectivity index (χ1v) is 13.6. The van der Waals surface area contributed by atoms with E-state index < -0.39 is 0 Å². The van der Waals surface area contributed by atoms with Crippen molar-refractivity contribution in [3.05, 3.63) is 98.5 Å². The topological polar surface area (TPSA) is 29.5 Å². The number of ether oxygens (including phenoxy) is 1. The molecule has 0 spiro atoms. The fourth-order valence-corrected chi connectivity index (χ4v) is 6.01. The number of allylic oxidation sites excluding steroid dienone is 1. The minimum atomic E-state index is -0.276. The van der Waals surface area contributed by atoms with Crippen molar-refractivity contribution in [1.82, 2.24) is 4.90 Å². The van der Waals surface area contributed by atoms with Gasteiger partial charge in [0.15, 0.2) is 0 Å². The van der Waals surface area contributed by atoms with Gasteiger partial charge in [0.2, 0.25) is 0 Å². The zero-order chi connectivity index (χ0) is 25.8. The molecule has 1 atom stereocenters. The fraction of sp³-hybridized carbons (Fsp3) is 0.323. The normalized spacial score (nSPS) is 18.0. The predicted molar refractivity (Wildman–Crippen MR) is 150 cm³/mol. The van der Waals surface area contributed by atoms with Crippen LogP contribution >= 0.6 is 23.2 Å².